The summed E-state index contributed by atoms with van der Waals surface area (Å²) in [6, 6.07) is 10.2. The first-order valence-corrected chi connectivity index (χ1v) is 9.28. The van der Waals surface area contributed by atoms with Crippen molar-refractivity contribution < 1.29 is 4.79 Å². The number of urea groups is 1. The average Bonchev–Trinajstić information content (AvgIpc) is 2.63. The second-order valence-corrected chi connectivity index (χ2v) is 6.40. The van der Waals surface area contributed by atoms with Gasteiger partial charge in [0.05, 0.1) is 0 Å². The van der Waals surface area contributed by atoms with Gasteiger partial charge in [-0.3, -0.25) is 0 Å². The van der Waals surface area contributed by atoms with E-state index < -0.39 is 0 Å². The smallest absolute Gasteiger partial charge is 0.314 e. The SMILES string of the molecule is CCN1CCN(CCCCNC(=O)NCCc2ccccc2)CC1. The molecular weight excluding hydrogens is 300 g/mol. The number of hydrogen-bond acceptors (Lipinski definition) is 3. The number of likely N-dealkylation sites (N-methyl/N-ethyl adjacent to an activating group) is 1. The normalized spacial score (nSPS) is 16.0. The van der Waals surface area contributed by atoms with E-state index in [1.807, 2.05) is 18.2 Å². The summed E-state index contributed by atoms with van der Waals surface area (Å²) >= 11 is 0. The van der Waals surface area contributed by atoms with Crippen molar-refractivity contribution in [3.8, 4) is 0 Å². The Morgan fingerprint density at radius 2 is 1.62 bits per heavy atom. The number of piperazine rings is 1. The first-order chi connectivity index (χ1) is 11.8. The highest BCUT2D eigenvalue weighted by Crippen LogP contribution is 2.03. The standard InChI is InChI=1S/C19H32N4O/c1-2-22-14-16-23(17-15-22)13-7-6-11-20-19(24)21-12-10-18-8-4-3-5-9-18/h3-5,8-9H,2,6-7,10-17H2,1H3,(H2,20,21,24). The van der Waals surface area contributed by atoms with E-state index in [0.29, 0.717) is 6.54 Å². The van der Waals surface area contributed by atoms with Crippen LogP contribution in [0.4, 0.5) is 4.79 Å². The molecule has 1 saturated heterocycles. The van der Waals surface area contributed by atoms with E-state index in [-0.39, 0.29) is 6.03 Å². The molecule has 0 spiro atoms. The van der Waals surface area contributed by atoms with Gasteiger partial charge in [-0.15, -0.1) is 0 Å². The van der Waals surface area contributed by atoms with Crippen molar-refractivity contribution in [1.29, 1.82) is 0 Å². The maximum atomic E-state index is 11.7. The highest BCUT2D eigenvalue weighted by Gasteiger charge is 2.14. The molecule has 2 rings (SSSR count). The van der Waals surface area contributed by atoms with Crippen LogP contribution in [0.15, 0.2) is 30.3 Å². The quantitative estimate of drug-likeness (QED) is 0.680. The number of benzene rings is 1. The van der Waals surface area contributed by atoms with Gasteiger partial charge in [0.1, 0.15) is 0 Å². The maximum absolute atomic E-state index is 11.7. The summed E-state index contributed by atoms with van der Waals surface area (Å²) in [5, 5.41) is 5.86. The van der Waals surface area contributed by atoms with E-state index in [4.69, 9.17) is 0 Å². The first kappa shape index (κ1) is 18.7. The Morgan fingerprint density at radius 1 is 0.958 bits per heavy atom. The Kier molecular flexibility index (Phi) is 8.63. The minimum absolute atomic E-state index is 0.0532. The van der Waals surface area contributed by atoms with Gasteiger partial charge in [0, 0.05) is 39.3 Å². The van der Waals surface area contributed by atoms with Crippen molar-refractivity contribution in [2.24, 2.45) is 0 Å². The zero-order chi connectivity index (χ0) is 17.0. The number of carbonyl (C=O) groups is 1. The van der Waals surface area contributed by atoms with E-state index in [1.165, 1.54) is 31.7 Å². The summed E-state index contributed by atoms with van der Waals surface area (Å²) in [6.07, 6.45) is 3.06. The molecule has 0 aliphatic carbocycles. The fourth-order valence-electron chi connectivity index (χ4n) is 3.02. The van der Waals surface area contributed by atoms with E-state index >= 15 is 0 Å². The number of carbonyl (C=O) groups excluding carboxylic acids is 1. The summed E-state index contributed by atoms with van der Waals surface area (Å²) in [6.45, 7) is 10.7. The van der Waals surface area contributed by atoms with Crippen LogP contribution in [0.25, 0.3) is 0 Å². The van der Waals surface area contributed by atoms with E-state index in [2.05, 4.69) is 39.5 Å². The monoisotopic (exact) mass is 332 g/mol. The number of amides is 2. The maximum Gasteiger partial charge on any atom is 0.314 e. The minimum atomic E-state index is -0.0532. The summed E-state index contributed by atoms with van der Waals surface area (Å²) < 4.78 is 0. The molecular formula is C19H32N4O. The molecule has 0 radical (unpaired) electrons. The summed E-state index contributed by atoms with van der Waals surface area (Å²) in [5.74, 6) is 0. The number of rotatable bonds is 9. The topological polar surface area (TPSA) is 47.6 Å². The predicted octanol–water partition coefficient (Wildman–Crippen LogP) is 1.95. The van der Waals surface area contributed by atoms with Crippen LogP contribution in [-0.4, -0.2) is 68.2 Å². The lowest BCUT2D eigenvalue weighted by Crippen LogP contribution is -2.46. The highest BCUT2D eigenvalue weighted by molar-refractivity contribution is 5.73. The molecule has 1 aromatic carbocycles. The lowest BCUT2D eigenvalue weighted by atomic mass is 10.1. The Balaban J connectivity index is 1.43. The molecule has 0 atom stereocenters. The molecule has 1 aliphatic heterocycles. The lowest BCUT2D eigenvalue weighted by molar-refractivity contribution is 0.135. The van der Waals surface area contributed by atoms with Gasteiger partial charge in [-0.05, 0) is 37.9 Å². The molecule has 1 heterocycles. The Labute approximate surface area is 146 Å². The highest BCUT2D eigenvalue weighted by atomic mass is 16.2. The van der Waals surface area contributed by atoms with E-state index in [0.717, 1.165) is 38.9 Å². The average molecular weight is 332 g/mol. The molecule has 1 aliphatic rings. The number of nitrogens with zero attached hydrogens (tertiary/aromatic N) is 2. The molecule has 5 heteroatoms. The van der Waals surface area contributed by atoms with Crippen LogP contribution in [0, 0.1) is 0 Å². The van der Waals surface area contributed by atoms with Crippen molar-refractivity contribution in [3.05, 3.63) is 35.9 Å². The molecule has 1 fully saturated rings. The number of nitrogens with one attached hydrogen (secondary N) is 2. The molecule has 5 nitrogen and oxygen atoms in total. The van der Waals surface area contributed by atoms with Gasteiger partial charge < -0.3 is 20.4 Å². The van der Waals surface area contributed by atoms with Crippen LogP contribution >= 0.6 is 0 Å². The second kappa shape index (κ2) is 11.0. The third kappa shape index (κ3) is 7.32. The first-order valence-electron chi connectivity index (χ1n) is 9.28. The van der Waals surface area contributed by atoms with Crippen LogP contribution < -0.4 is 10.6 Å². The molecule has 24 heavy (non-hydrogen) atoms. The van der Waals surface area contributed by atoms with Gasteiger partial charge in [-0.2, -0.15) is 0 Å². The van der Waals surface area contributed by atoms with Crippen molar-refractivity contribution in [3.63, 3.8) is 0 Å². The van der Waals surface area contributed by atoms with Crippen LogP contribution in [0.5, 0.6) is 0 Å². The van der Waals surface area contributed by atoms with E-state index in [9.17, 15) is 4.79 Å². The van der Waals surface area contributed by atoms with E-state index in [1.54, 1.807) is 0 Å². The molecule has 0 bridgehead atoms. The summed E-state index contributed by atoms with van der Waals surface area (Å²) in [7, 11) is 0. The van der Waals surface area contributed by atoms with Gasteiger partial charge in [-0.1, -0.05) is 37.3 Å². The van der Waals surface area contributed by atoms with Gasteiger partial charge >= 0.3 is 6.03 Å². The largest absolute Gasteiger partial charge is 0.338 e. The number of unbranched alkanes of at least 4 members (excludes halogenated alkanes) is 1. The third-order valence-electron chi connectivity index (χ3n) is 4.64. The molecule has 2 N–H and O–H groups in total. The molecule has 1 aromatic rings. The van der Waals surface area contributed by atoms with Crippen molar-refractivity contribution in [1.82, 2.24) is 20.4 Å². The summed E-state index contributed by atoms with van der Waals surface area (Å²) in [4.78, 5) is 16.8. The van der Waals surface area contributed by atoms with Crippen molar-refractivity contribution in [2.75, 3.05) is 52.4 Å². The molecule has 0 unspecified atom stereocenters. The fraction of sp³-hybridized carbons (Fsp3) is 0.632. The molecule has 2 amide bonds. The van der Waals surface area contributed by atoms with Crippen LogP contribution in [0.1, 0.15) is 25.3 Å². The zero-order valence-electron chi connectivity index (χ0n) is 15.0. The van der Waals surface area contributed by atoms with Gasteiger partial charge in [0.15, 0.2) is 0 Å². The molecule has 0 aromatic heterocycles. The molecule has 0 saturated carbocycles. The Morgan fingerprint density at radius 3 is 2.33 bits per heavy atom. The van der Waals surface area contributed by atoms with Gasteiger partial charge in [0.25, 0.3) is 0 Å². The van der Waals surface area contributed by atoms with Crippen molar-refractivity contribution >= 4 is 6.03 Å². The van der Waals surface area contributed by atoms with Gasteiger partial charge in [-0.25, -0.2) is 4.79 Å². The van der Waals surface area contributed by atoms with Crippen molar-refractivity contribution in [2.45, 2.75) is 26.2 Å². The molecule has 134 valence electrons. The third-order valence-corrected chi connectivity index (χ3v) is 4.64. The van der Waals surface area contributed by atoms with Crippen LogP contribution in [0.2, 0.25) is 0 Å². The Bertz CT molecular complexity index is 458. The fourth-order valence-corrected chi connectivity index (χ4v) is 3.02. The predicted molar refractivity (Wildman–Crippen MR) is 99.3 cm³/mol. The zero-order valence-corrected chi connectivity index (χ0v) is 15.0. The number of hydrogen-bond donors (Lipinski definition) is 2. The van der Waals surface area contributed by atoms with Crippen LogP contribution in [0.3, 0.4) is 0 Å². The van der Waals surface area contributed by atoms with Gasteiger partial charge in [0.2, 0.25) is 0 Å². The lowest BCUT2D eigenvalue weighted by Gasteiger charge is -2.33. The van der Waals surface area contributed by atoms with Crippen LogP contribution in [-0.2, 0) is 6.42 Å². The Hall–Kier alpha value is -1.59. The second-order valence-electron chi connectivity index (χ2n) is 6.40. The minimum Gasteiger partial charge on any atom is -0.338 e. The summed E-state index contributed by atoms with van der Waals surface area (Å²) in [5.41, 5.74) is 1.25.